The molecule has 2 atom stereocenters. The summed E-state index contributed by atoms with van der Waals surface area (Å²) >= 11 is 0. The van der Waals surface area contributed by atoms with Gasteiger partial charge in [-0.2, -0.15) is 0 Å². The second-order valence-corrected chi connectivity index (χ2v) is 7.04. The van der Waals surface area contributed by atoms with E-state index in [1.54, 1.807) is 0 Å². The first-order valence-corrected chi connectivity index (χ1v) is 9.21. The number of rotatable bonds is 5. The van der Waals surface area contributed by atoms with Crippen molar-refractivity contribution in [1.29, 1.82) is 0 Å². The molecule has 1 aliphatic rings. The monoisotopic (exact) mass is 327 g/mol. The lowest BCUT2D eigenvalue weighted by Crippen LogP contribution is -2.30. The van der Waals surface area contributed by atoms with Crippen molar-refractivity contribution >= 4 is 0 Å². The third kappa shape index (κ3) is 3.38. The lowest BCUT2D eigenvalue weighted by Gasteiger charge is -2.22. The number of nitrogens with one attached hydrogen (secondary N) is 1. The Labute approximate surface area is 150 Å². The van der Waals surface area contributed by atoms with Crippen LogP contribution in [0.1, 0.15) is 33.7 Å². The highest BCUT2D eigenvalue weighted by atomic mass is 14.9. The molecule has 25 heavy (non-hydrogen) atoms. The first-order chi connectivity index (χ1) is 12.3. The predicted octanol–water partition coefficient (Wildman–Crippen LogP) is 4.75. The summed E-state index contributed by atoms with van der Waals surface area (Å²) in [6.07, 6.45) is 3.25. The summed E-state index contributed by atoms with van der Waals surface area (Å²) in [6.45, 7) is 0. The van der Waals surface area contributed by atoms with Crippen molar-refractivity contribution in [2.75, 3.05) is 7.05 Å². The standard InChI is InChI=1S/C24H25N/c1-25-24-17-21-13-7-8-14-22(21)23(24)16-20-12-6-5-11-19(20)15-18-9-3-2-4-10-18/h2-14,23-25H,15-17H2,1H3/t23-,24-/m1/s1. The highest BCUT2D eigenvalue weighted by Crippen LogP contribution is 2.36. The van der Waals surface area contributed by atoms with Crippen LogP contribution in [-0.4, -0.2) is 13.1 Å². The smallest absolute Gasteiger partial charge is 0.0177 e. The minimum absolute atomic E-state index is 0.530. The summed E-state index contributed by atoms with van der Waals surface area (Å²) in [4.78, 5) is 0. The van der Waals surface area contributed by atoms with Gasteiger partial charge in [0.05, 0.1) is 0 Å². The molecule has 0 bridgehead atoms. The van der Waals surface area contributed by atoms with Crippen LogP contribution in [0.4, 0.5) is 0 Å². The molecular weight excluding hydrogens is 302 g/mol. The average molecular weight is 327 g/mol. The molecule has 1 nitrogen and oxygen atoms in total. The van der Waals surface area contributed by atoms with Crippen LogP contribution in [0.25, 0.3) is 0 Å². The molecule has 4 rings (SSSR count). The van der Waals surface area contributed by atoms with Gasteiger partial charge >= 0.3 is 0 Å². The number of benzene rings is 3. The minimum atomic E-state index is 0.530. The van der Waals surface area contributed by atoms with Crippen molar-refractivity contribution < 1.29 is 0 Å². The van der Waals surface area contributed by atoms with Crippen LogP contribution in [0.5, 0.6) is 0 Å². The third-order valence-electron chi connectivity index (χ3n) is 5.55. The lowest BCUT2D eigenvalue weighted by molar-refractivity contribution is 0.491. The fourth-order valence-corrected chi connectivity index (χ4v) is 4.21. The topological polar surface area (TPSA) is 12.0 Å². The van der Waals surface area contributed by atoms with Crippen LogP contribution in [0.3, 0.4) is 0 Å². The van der Waals surface area contributed by atoms with E-state index in [1.165, 1.54) is 27.8 Å². The van der Waals surface area contributed by atoms with Crippen molar-refractivity contribution in [2.45, 2.75) is 31.2 Å². The molecule has 1 aliphatic carbocycles. The molecule has 126 valence electrons. The molecule has 0 saturated heterocycles. The first-order valence-electron chi connectivity index (χ1n) is 9.21. The van der Waals surface area contributed by atoms with Crippen LogP contribution in [0.15, 0.2) is 78.9 Å². The number of hydrogen-bond acceptors (Lipinski definition) is 1. The van der Waals surface area contributed by atoms with Crippen LogP contribution in [-0.2, 0) is 19.3 Å². The van der Waals surface area contributed by atoms with E-state index >= 15 is 0 Å². The Morgan fingerprint density at radius 3 is 2.28 bits per heavy atom. The maximum absolute atomic E-state index is 3.55. The molecular formula is C24H25N. The summed E-state index contributed by atoms with van der Waals surface area (Å²) in [5.41, 5.74) is 7.34. The van der Waals surface area contributed by atoms with Gasteiger partial charge in [0.1, 0.15) is 0 Å². The van der Waals surface area contributed by atoms with E-state index in [-0.39, 0.29) is 0 Å². The molecule has 1 heteroatoms. The van der Waals surface area contributed by atoms with Crippen LogP contribution in [0.2, 0.25) is 0 Å². The van der Waals surface area contributed by atoms with Gasteiger partial charge in [-0.15, -0.1) is 0 Å². The number of hydrogen-bond donors (Lipinski definition) is 1. The summed E-state index contributed by atoms with van der Waals surface area (Å²) < 4.78 is 0. The zero-order valence-electron chi connectivity index (χ0n) is 14.8. The summed E-state index contributed by atoms with van der Waals surface area (Å²) in [6, 6.07) is 29.2. The van der Waals surface area contributed by atoms with Gasteiger partial charge in [-0.1, -0.05) is 78.9 Å². The van der Waals surface area contributed by atoms with Crippen molar-refractivity contribution in [3.05, 3.63) is 107 Å². The van der Waals surface area contributed by atoms with E-state index in [9.17, 15) is 0 Å². The molecule has 0 aromatic heterocycles. The van der Waals surface area contributed by atoms with E-state index in [1.807, 2.05) is 0 Å². The average Bonchev–Trinajstić information content (AvgIpc) is 3.02. The predicted molar refractivity (Wildman–Crippen MR) is 105 cm³/mol. The molecule has 0 aliphatic heterocycles. The fourth-order valence-electron chi connectivity index (χ4n) is 4.21. The van der Waals surface area contributed by atoms with Crippen molar-refractivity contribution in [1.82, 2.24) is 5.32 Å². The third-order valence-corrected chi connectivity index (χ3v) is 5.55. The quantitative estimate of drug-likeness (QED) is 0.713. The van der Waals surface area contributed by atoms with Gasteiger partial charge in [0.2, 0.25) is 0 Å². The van der Waals surface area contributed by atoms with Crippen LogP contribution in [0, 0.1) is 0 Å². The molecule has 1 N–H and O–H groups in total. The van der Waals surface area contributed by atoms with Crippen molar-refractivity contribution in [3.8, 4) is 0 Å². The molecule has 0 saturated carbocycles. The van der Waals surface area contributed by atoms with Gasteiger partial charge < -0.3 is 5.32 Å². The largest absolute Gasteiger partial charge is 0.316 e. The molecule has 0 fully saturated rings. The Bertz CT molecular complexity index is 837. The molecule has 0 radical (unpaired) electrons. The van der Waals surface area contributed by atoms with Crippen LogP contribution < -0.4 is 5.32 Å². The fraction of sp³-hybridized carbons (Fsp3) is 0.250. The van der Waals surface area contributed by atoms with Gasteiger partial charge in [0.25, 0.3) is 0 Å². The Morgan fingerprint density at radius 2 is 1.48 bits per heavy atom. The number of fused-ring (bicyclic) bond motifs is 1. The zero-order chi connectivity index (χ0) is 17.1. The molecule has 0 spiro atoms. The Morgan fingerprint density at radius 1 is 0.800 bits per heavy atom. The zero-order valence-corrected chi connectivity index (χ0v) is 14.8. The molecule has 0 heterocycles. The lowest BCUT2D eigenvalue weighted by atomic mass is 9.87. The second-order valence-electron chi connectivity index (χ2n) is 7.04. The summed E-state index contributed by atoms with van der Waals surface area (Å²) in [7, 11) is 2.10. The van der Waals surface area contributed by atoms with Crippen LogP contribution >= 0.6 is 0 Å². The number of likely N-dealkylation sites (N-methyl/N-ethyl adjacent to an activating group) is 1. The van der Waals surface area contributed by atoms with E-state index in [2.05, 4.69) is 91.2 Å². The van der Waals surface area contributed by atoms with Gasteiger partial charge in [-0.3, -0.25) is 0 Å². The SMILES string of the molecule is CN[C@@H]1Cc2ccccc2[C@H]1Cc1ccccc1Cc1ccccc1. The molecule has 0 amide bonds. The Kier molecular flexibility index (Phi) is 4.67. The highest BCUT2D eigenvalue weighted by molar-refractivity contribution is 5.41. The van der Waals surface area contributed by atoms with E-state index in [4.69, 9.17) is 0 Å². The van der Waals surface area contributed by atoms with E-state index in [0.29, 0.717) is 12.0 Å². The van der Waals surface area contributed by atoms with Crippen molar-refractivity contribution in [2.24, 2.45) is 0 Å². The van der Waals surface area contributed by atoms with Gasteiger partial charge in [-0.05, 0) is 54.1 Å². The van der Waals surface area contributed by atoms with Gasteiger partial charge in [-0.25, -0.2) is 0 Å². The minimum Gasteiger partial charge on any atom is -0.316 e. The normalized spacial score (nSPS) is 18.9. The van der Waals surface area contributed by atoms with E-state index in [0.717, 1.165) is 19.3 Å². The first kappa shape index (κ1) is 16.1. The highest BCUT2D eigenvalue weighted by Gasteiger charge is 2.31. The summed E-state index contributed by atoms with van der Waals surface area (Å²) in [5, 5.41) is 3.55. The maximum Gasteiger partial charge on any atom is 0.0177 e. The Balaban J connectivity index is 1.63. The molecule has 0 unspecified atom stereocenters. The molecule has 3 aromatic carbocycles. The summed E-state index contributed by atoms with van der Waals surface area (Å²) in [5.74, 6) is 0.554. The van der Waals surface area contributed by atoms with Gasteiger partial charge in [0, 0.05) is 12.0 Å². The molecule has 3 aromatic rings. The van der Waals surface area contributed by atoms with Gasteiger partial charge in [0.15, 0.2) is 0 Å². The van der Waals surface area contributed by atoms with Crippen molar-refractivity contribution in [3.63, 3.8) is 0 Å². The van der Waals surface area contributed by atoms with E-state index < -0.39 is 0 Å². The second kappa shape index (κ2) is 7.25. The Hall–Kier alpha value is -2.38. The maximum atomic E-state index is 3.55.